The first-order valence-electron chi connectivity index (χ1n) is 8.93. The summed E-state index contributed by atoms with van der Waals surface area (Å²) < 4.78 is 5.38. The van der Waals surface area contributed by atoms with E-state index >= 15 is 0 Å². The van der Waals surface area contributed by atoms with Gasteiger partial charge in [-0.25, -0.2) is 9.69 Å². The Hall–Kier alpha value is -2.37. The van der Waals surface area contributed by atoms with E-state index in [1.807, 2.05) is 0 Å². The fourth-order valence-corrected chi connectivity index (χ4v) is 2.78. The fraction of sp³-hybridized carbons (Fsp3) is 0.571. The van der Waals surface area contributed by atoms with Crippen LogP contribution in [0.1, 0.15) is 65.7 Å². The van der Waals surface area contributed by atoms with Crippen LogP contribution in [-0.4, -0.2) is 39.9 Å². The molecule has 27 heavy (non-hydrogen) atoms. The van der Waals surface area contributed by atoms with Crippen molar-refractivity contribution in [1.82, 2.24) is 4.90 Å². The Morgan fingerprint density at radius 3 is 1.81 bits per heavy atom. The number of Topliss-reactive ketones (excluding diaryl/α,β-unsaturated/α-hetero) is 1. The summed E-state index contributed by atoms with van der Waals surface area (Å²) in [6, 6.07) is 5.58. The number of phenolic OH excluding ortho intramolecular Hbond substituents is 1. The maximum absolute atomic E-state index is 13.0. The number of amides is 2. The summed E-state index contributed by atoms with van der Waals surface area (Å²) in [6.07, 6.45) is -0.810. The Kier molecular flexibility index (Phi) is 6.47. The van der Waals surface area contributed by atoms with E-state index in [9.17, 15) is 19.5 Å². The molecule has 0 fully saturated rings. The van der Waals surface area contributed by atoms with Crippen molar-refractivity contribution in [2.45, 2.75) is 61.0 Å². The lowest BCUT2D eigenvalue weighted by atomic mass is 9.74. The van der Waals surface area contributed by atoms with Crippen molar-refractivity contribution in [1.29, 1.82) is 0 Å². The van der Waals surface area contributed by atoms with Gasteiger partial charge in [0.15, 0.2) is 0 Å². The number of carbonyl (C=O) groups is 3. The Labute approximate surface area is 161 Å². The van der Waals surface area contributed by atoms with E-state index in [0.717, 1.165) is 4.90 Å². The number of carbonyl (C=O) groups excluding carboxylic acids is 3. The van der Waals surface area contributed by atoms with E-state index < -0.39 is 28.4 Å². The zero-order valence-corrected chi connectivity index (χ0v) is 17.5. The molecule has 1 rings (SSSR count). The zero-order valence-electron chi connectivity index (χ0n) is 17.5. The minimum absolute atomic E-state index is 0.0126. The summed E-state index contributed by atoms with van der Waals surface area (Å²) in [6.45, 7) is 13.8. The fourth-order valence-electron chi connectivity index (χ4n) is 2.78. The molecule has 6 heteroatoms. The van der Waals surface area contributed by atoms with Crippen LogP contribution in [0.2, 0.25) is 0 Å². The smallest absolute Gasteiger partial charge is 0.417 e. The van der Waals surface area contributed by atoms with Crippen molar-refractivity contribution < 1.29 is 24.2 Å². The van der Waals surface area contributed by atoms with Crippen molar-refractivity contribution >= 4 is 17.8 Å². The molecule has 0 radical (unpaired) electrons. The van der Waals surface area contributed by atoms with Gasteiger partial charge in [0.25, 0.3) is 5.91 Å². The van der Waals surface area contributed by atoms with Crippen LogP contribution >= 0.6 is 0 Å². The molecule has 0 aliphatic heterocycles. The van der Waals surface area contributed by atoms with E-state index in [2.05, 4.69) is 0 Å². The number of hydrogen-bond acceptors (Lipinski definition) is 5. The average molecular weight is 377 g/mol. The monoisotopic (exact) mass is 377 g/mol. The van der Waals surface area contributed by atoms with E-state index in [-0.39, 0.29) is 23.6 Å². The Morgan fingerprint density at radius 1 is 0.926 bits per heavy atom. The third kappa shape index (κ3) is 6.38. The lowest BCUT2D eigenvalue weighted by molar-refractivity contribution is -0.135. The number of aromatic hydroxyl groups is 1. The molecule has 150 valence electrons. The summed E-state index contributed by atoms with van der Waals surface area (Å²) in [5.74, 6) is -0.639. The summed E-state index contributed by atoms with van der Waals surface area (Å²) in [4.78, 5) is 39.4. The van der Waals surface area contributed by atoms with E-state index in [0.29, 0.717) is 0 Å². The molecule has 0 spiro atoms. The largest absolute Gasteiger partial charge is 0.508 e. The number of rotatable bonds is 4. The van der Waals surface area contributed by atoms with Gasteiger partial charge in [0.05, 0.1) is 0 Å². The van der Waals surface area contributed by atoms with Gasteiger partial charge in [-0.15, -0.1) is 0 Å². The van der Waals surface area contributed by atoms with Crippen molar-refractivity contribution in [3.63, 3.8) is 0 Å². The standard InChI is InChI=1S/C21H31NO5/c1-19(2,3)17(25)21(7,8)13-22(18(26)27-20(4,5)6)16(24)14-9-11-15(23)12-10-14/h9-12,23H,13H2,1-8H3. The minimum Gasteiger partial charge on any atom is -0.508 e. The van der Waals surface area contributed by atoms with Crippen LogP contribution in [0, 0.1) is 10.8 Å². The number of hydrogen-bond donors (Lipinski definition) is 1. The second-order valence-corrected chi connectivity index (χ2v) is 9.38. The molecule has 1 N–H and O–H groups in total. The number of nitrogens with zero attached hydrogens (tertiary/aromatic N) is 1. The topological polar surface area (TPSA) is 83.9 Å². The average Bonchev–Trinajstić information content (AvgIpc) is 2.49. The van der Waals surface area contributed by atoms with Gasteiger partial charge in [-0.05, 0) is 45.0 Å². The molecule has 0 aliphatic carbocycles. The molecule has 6 nitrogen and oxygen atoms in total. The molecule has 0 heterocycles. The van der Waals surface area contributed by atoms with Crippen LogP contribution in [0.4, 0.5) is 4.79 Å². The number of imide groups is 1. The third-order valence-electron chi connectivity index (χ3n) is 3.82. The molecule has 0 bridgehead atoms. The summed E-state index contributed by atoms with van der Waals surface area (Å²) >= 11 is 0. The van der Waals surface area contributed by atoms with Crippen molar-refractivity contribution in [2.75, 3.05) is 6.54 Å². The van der Waals surface area contributed by atoms with E-state index in [1.165, 1.54) is 24.3 Å². The predicted molar refractivity (Wildman–Crippen MR) is 104 cm³/mol. The lowest BCUT2D eigenvalue weighted by Crippen LogP contribution is -2.49. The first-order chi connectivity index (χ1) is 12.0. The van der Waals surface area contributed by atoms with Gasteiger partial charge in [-0.3, -0.25) is 9.59 Å². The number of ketones is 1. The van der Waals surface area contributed by atoms with Gasteiger partial charge >= 0.3 is 6.09 Å². The van der Waals surface area contributed by atoms with Gasteiger partial charge in [0.1, 0.15) is 17.1 Å². The molecule has 0 saturated heterocycles. The second-order valence-electron chi connectivity index (χ2n) is 9.38. The number of phenols is 1. The maximum atomic E-state index is 13.0. The van der Waals surface area contributed by atoms with E-state index in [4.69, 9.17) is 4.74 Å². The maximum Gasteiger partial charge on any atom is 0.417 e. The number of benzene rings is 1. The Balaban J connectivity index is 3.25. The van der Waals surface area contributed by atoms with E-state index in [1.54, 1.807) is 55.4 Å². The highest BCUT2D eigenvalue weighted by atomic mass is 16.6. The molecular weight excluding hydrogens is 346 g/mol. The molecule has 1 aromatic carbocycles. The van der Waals surface area contributed by atoms with Crippen LogP contribution in [0.3, 0.4) is 0 Å². The summed E-state index contributed by atoms with van der Waals surface area (Å²) in [5.41, 5.74) is -2.15. The molecule has 2 amide bonds. The zero-order chi connectivity index (χ0) is 21.2. The molecule has 0 unspecified atom stereocenters. The molecule has 0 aromatic heterocycles. The highest BCUT2D eigenvalue weighted by Crippen LogP contribution is 2.31. The first-order valence-corrected chi connectivity index (χ1v) is 8.93. The summed E-state index contributed by atoms with van der Waals surface area (Å²) in [5, 5.41) is 9.43. The third-order valence-corrected chi connectivity index (χ3v) is 3.82. The molecule has 1 aromatic rings. The molecule has 0 aliphatic rings. The minimum atomic E-state index is -0.957. The Morgan fingerprint density at radius 2 is 1.41 bits per heavy atom. The van der Waals surface area contributed by atoms with Gasteiger partial charge < -0.3 is 9.84 Å². The van der Waals surface area contributed by atoms with Crippen molar-refractivity contribution in [3.05, 3.63) is 29.8 Å². The van der Waals surface area contributed by atoms with Crippen LogP contribution in [0.25, 0.3) is 0 Å². The van der Waals surface area contributed by atoms with Gasteiger partial charge in [-0.1, -0.05) is 34.6 Å². The van der Waals surface area contributed by atoms with Crippen LogP contribution < -0.4 is 0 Å². The van der Waals surface area contributed by atoms with Crippen LogP contribution in [-0.2, 0) is 9.53 Å². The normalized spacial score (nSPS) is 12.4. The Bertz CT molecular complexity index is 706. The predicted octanol–water partition coefficient (Wildman–Crippen LogP) is 4.41. The number of ether oxygens (including phenoxy) is 1. The SMILES string of the molecule is CC(C)(C)OC(=O)N(CC(C)(C)C(=O)C(C)(C)C)C(=O)c1ccc(O)cc1. The molecular formula is C21H31NO5. The van der Waals surface area contributed by atoms with Gasteiger partial charge in [-0.2, -0.15) is 0 Å². The quantitative estimate of drug-likeness (QED) is 0.840. The second kappa shape index (κ2) is 7.71. The van der Waals surface area contributed by atoms with Gasteiger partial charge in [0, 0.05) is 22.9 Å². The highest BCUT2D eigenvalue weighted by molar-refractivity contribution is 6.03. The first kappa shape index (κ1) is 22.7. The summed E-state index contributed by atoms with van der Waals surface area (Å²) in [7, 11) is 0. The highest BCUT2D eigenvalue weighted by Gasteiger charge is 2.41. The van der Waals surface area contributed by atoms with Crippen molar-refractivity contribution in [3.8, 4) is 5.75 Å². The van der Waals surface area contributed by atoms with Crippen molar-refractivity contribution in [2.24, 2.45) is 10.8 Å². The lowest BCUT2D eigenvalue weighted by Gasteiger charge is -2.35. The van der Waals surface area contributed by atoms with Crippen LogP contribution in [0.5, 0.6) is 5.75 Å². The van der Waals surface area contributed by atoms with Crippen LogP contribution in [0.15, 0.2) is 24.3 Å². The van der Waals surface area contributed by atoms with Gasteiger partial charge in [0.2, 0.25) is 0 Å². The molecule has 0 saturated carbocycles. The molecule has 0 atom stereocenters.